The lowest BCUT2D eigenvalue weighted by Gasteiger charge is -2.39. The Morgan fingerprint density at radius 3 is 2.88 bits per heavy atom. The molecule has 3 amide bonds. The first-order valence-corrected chi connectivity index (χ1v) is 8.75. The van der Waals surface area contributed by atoms with E-state index in [0.717, 1.165) is 49.1 Å². The smallest absolute Gasteiger partial charge is 0.322 e. The highest BCUT2D eigenvalue weighted by Gasteiger charge is 2.48. The zero-order valence-electron chi connectivity index (χ0n) is 14.3. The van der Waals surface area contributed by atoms with Crippen molar-refractivity contribution < 1.29 is 9.59 Å². The van der Waals surface area contributed by atoms with Crippen LogP contribution in [0.1, 0.15) is 25.5 Å². The molecule has 6 heteroatoms. The van der Waals surface area contributed by atoms with Gasteiger partial charge in [0.1, 0.15) is 5.54 Å². The van der Waals surface area contributed by atoms with Crippen molar-refractivity contribution >= 4 is 22.8 Å². The monoisotopic (exact) mass is 338 g/mol. The van der Waals surface area contributed by atoms with Gasteiger partial charge in [0.25, 0.3) is 5.91 Å². The normalized spacial score (nSPS) is 27.3. The number of likely N-dealkylation sites (tertiary alicyclic amines) is 1. The van der Waals surface area contributed by atoms with Crippen molar-refractivity contribution in [3.05, 3.63) is 42.1 Å². The minimum Gasteiger partial charge on any atom is -0.323 e. The van der Waals surface area contributed by atoms with Crippen LogP contribution < -0.4 is 10.6 Å². The molecule has 1 aromatic heterocycles. The molecular formula is C19H22N4O2. The minimum absolute atomic E-state index is 0.105. The highest BCUT2D eigenvalue weighted by Crippen LogP contribution is 2.30. The van der Waals surface area contributed by atoms with E-state index >= 15 is 0 Å². The maximum Gasteiger partial charge on any atom is 0.322 e. The Kier molecular flexibility index (Phi) is 3.92. The van der Waals surface area contributed by atoms with Gasteiger partial charge in [0.05, 0.1) is 11.2 Å². The molecular weight excluding hydrogens is 316 g/mol. The quantitative estimate of drug-likeness (QED) is 0.840. The van der Waals surface area contributed by atoms with Crippen molar-refractivity contribution in [3.63, 3.8) is 0 Å². The summed E-state index contributed by atoms with van der Waals surface area (Å²) in [5.41, 5.74) is 1.22. The number of carbonyl (C=O) groups is 2. The maximum atomic E-state index is 12.2. The number of piperidine rings is 1. The van der Waals surface area contributed by atoms with Crippen molar-refractivity contribution in [1.82, 2.24) is 20.5 Å². The molecule has 2 aliphatic rings. The van der Waals surface area contributed by atoms with Crippen LogP contribution in [0, 0.1) is 5.92 Å². The zero-order chi connectivity index (χ0) is 17.4. The molecule has 3 heterocycles. The van der Waals surface area contributed by atoms with Gasteiger partial charge in [-0.15, -0.1) is 0 Å². The number of amides is 3. The van der Waals surface area contributed by atoms with Crippen LogP contribution >= 0.6 is 0 Å². The lowest BCUT2D eigenvalue weighted by atomic mass is 9.80. The third kappa shape index (κ3) is 2.98. The van der Waals surface area contributed by atoms with E-state index in [4.69, 9.17) is 4.98 Å². The summed E-state index contributed by atoms with van der Waals surface area (Å²) in [6.45, 7) is 4.35. The van der Waals surface area contributed by atoms with Gasteiger partial charge in [-0.25, -0.2) is 4.79 Å². The number of imide groups is 1. The fourth-order valence-electron chi connectivity index (χ4n) is 3.94. The molecule has 0 spiro atoms. The van der Waals surface area contributed by atoms with E-state index in [1.165, 1.54) is 0 Å². The number of nitrogens with one attached hydrogen (secondary N) is 2. The number of aromatic nitrogens is 1. The Balaban J connectivity index is 1.49. The fourth-order valence-corrected chi connectivity index (χ4v) is 3.94. The summed E-state index contributed by atoms with van der Waals surface area (Å²) in [5.74, 6) is -0.110. The highest BCUT2D eigenvalue weighted by molar-refractivity contribution is 6.07. The van der Waals surface area contributed by atoms with Crippen LogP contribution in [-0.2, 0) is 11.3 Å². The van der Waals surface area contributed by atoms with Crippen LogP contribution in [0.5, 0.6) is 0 Å². The number of urea groups is 1. The van der Waals surface area contributed by atoms with E-state index in [-0.39, 0.29) is 17.9 Å². The Morgan fingerprint density at radius 2 is 2.08 bits per heavy atom. The first-order valence-electron chi connectivity index (χ1n) is 8.75. The molecule has 130 valence electrons. The number of nitrogens with zero attached hydrogens (tertiary/aromatic N) is 2. The van der Waals surface area contributed by atoms with Crippen LogP contribution in [0.25, 0.3) is 10.9 Å². The van der Waals surface area contributed by atoms with E-state index in [0.29, 0.717) is 0 Å². The topological polar surface area (TPSA) is 74.3 Å². The van der Waals surface area contributed by atoms with Crippen LogP contribution in [0.4, 0.5) is 4.79 Å². The van der Waals surface area contributed by atoms with Gasteiger partial charge >= 0.3 is 6.03 Å². The standard InChI is InChI=1S/C19H22N4O2/c1-19(17(24)21-18(25)22-19)14-6-4-10-23(11-14)12-15-9-8-13-5-2-3-7-16(13)20-15/h2-3,5,7-9,14H,4,6,10-12H2,1H3,(H2,21,22,24,25)/t14-,19+/m0/s1. The van der Waals surface area contributed by atoms with Gasteiger partial charge in [-0.2, -0.15) is 0 Å². The van der Waals surface area contributed by atoms with Crippen LogP contribution in [-0.4, -0.2) is 40.5 Å². The molecule has 1 aromatic carbocycles. The van der Waals surface area contributed by atoms with Gasteiger partial charge in [0.15, 0.2) is 0 Å². The summed E-state index contributed by atoms with van der Waals surface area (Å²) in [6.07, 6.45) is 1.95. The second-order valence-electron chi connectivity index (χ2n) is 7.18. The summed E-state index contributed by atoms with van der Waals surface area (Å²) >= 11 is 0. The number of rotatable bonds is 3. The molecule has 4 rings (SSSR count). The van der Waals surface area contributed by atoms with E-state index < -0.39 is 5.54 Å². The van der Waals surface area contributed by atoms with Gasteiger partial charge < -0.3 is 5.32 Å². The van der Waals surface area contributed by atoms with Crippen molar-refractivity contribution in [2.45, 2.75) is 31.8 Å². The van der Waals surface area contributed by atoms with Crippen LogP contribution in [0.15, 0.2) is 36.4 Å². The first kappa shape index (κ1) is 16.0. The number of benzene rings is 1. The molecule has 2 N–H and O–H groups in total. The first-order chi connectivity index (χ1) is 12.0. The average molecular weight is 338 g/mol. The molecule has 0 radical (unpaired) electrons. The van der Waals surface area contributed by atoms with Crippen LogP contribution in [0.2, 0.25) is 0 Å². The molecule has 6 nitrogen and oxygen atoms in total. The molecule has 2 fully saturated rings. The van der Waals surface area contributed by atoms with E-state index in [2.05, 4.69) is 33.7 Å². The predicted octanol–water partition coefficient (Wildman–Crippen LogP) is 2.04. The molecule has 2 aromatic rings. The minimum atomic E-state index is -0.813. The Hall–Kier alpha value is -2.47. The summed E-state index contributed by atoms with van der Waals surface area (Å²) in [5, 5.41) is 6.33. The summed E-state index contributed by atoms with van der Waals surface area (Å²) in [7, 11) is 0. The van der Waals surface area contributed by atoms with Gasteiger partial charge in [0, 0.05) is 24.4 Å². The highest BCUT2D eigenvalue weighted by atomic mass is 16.2. The second-order valence-corrected chi connectivity index (χ2v) is 7.18. The molecule has 0 aliphatic carbocycles. The van der Waals surface area contributed by atoms with Crippen LogP contribution in [0.3, 0.4) is 0 Å². The Morgan fingerprint density at radius 1 is 1.24 bits per heavy atom. The third-order valence-electron chi connectivity index (χ3n) is 5.44. The third-order valence-corrected chi connectivity index (χ3v) is 5.44. The van der Waals surface area contributed by atoms with Crippen molar-refractivity contribution in [1.29, 1.82) is 0 Å². The van der Waals surface area contributed by atoms with Gasteiger partial charge in [-0.3, -0.25) is 20.0 Å². The van der Waals surface area contributed by atoms with Gasteiger partial charge in [0.2, 0.25) is 0 Å². The molecule has 25 heavy (non-hydrogen) atoms. The fraction of sp³-hybridized carbons (Fsp3) is 0.421. The molecule has 2 saturated heterocycles. The molecule has 0 unspecified atom stereocenters. The summed E-state index contributed by atoms with van der Waals surface area (Å²) in [6, 6.07) is 11.9. The van der Waals surface area contributed by atoms with Crippen molar-refractivity contribution in [3.8, 4) is 0 Å². The van der Waals surface area contributed by atoms with Crippen molar-refractivity contribution in [2.75, 3.05) is 13.1 Å². The largest absolute Gasteiger partial charge is 0.323 e. The predicted molar refractivity (Wildman–Crippen MR) is 94.8 cm³/mol. The SMILES string of the molecule is C[C@]1([C@H]2CCCN(Cc3ccc4ccccc4n3)C2)NC(=O)NC1=O. The van der Waals surface area contributed by atoms with E-state index in [1.807, 2.05) is 25.1 Å². The summed E-state index contributed by atoms with van der Waals surface area (Å²) in [4.78, 5) is 30.8. The van der Waals surface area contributed by atoms with Crippen molar-refractivity contribution in [2.24, 2.45) is 5.92 Å². The van der Waals surface area contributed by atoms with E-state index in [1.54, 1.807) is 0 Å². The number of pyridine rings is 1. The Labute approximate surface area is 146 Å². The lowest BCUT2D eigenvalue weighted by Crippen LogP contribution is -2.55. The Bertz CT molecular complexity index is 837. The molecule has 2 aliphatic heterocycles. The van der Waals surface area contributed by atoms with Gasteiger partial charge in [-0.1, -0.05) is 24.3 Å². The van der Waals surface area contributed by atoms with E-state index in [9.17, 15) is 9.59 Å². The number of carbonyl (C=O) groups excluding carboxylic acids is 2. The number of hydrogen-bond acceptors (Lipinski definition) is 4. The zero-order valence-corrected chi connectivity index (χ0v) is 14.3. The molecule has 2 atom stereocenters. The molecule has 0 saturated carbocycles. The van der Waals surface area contributed by atoms with Gasteiger partial charge in [-0.05, 0) is 38.4 Å². The maximum absolute atomic E-state index is 12.2. The lowest BCUT2D eigenvalue weighted by molar-refractivity contribution is -0.126. The second kappa shape index (κ2) is 6.11. The summed E-state index contributed by atoms with van der Waals surface area (Å²) < 4.78 is 0. The molecule has 0 bridgehead atoms. The number of hydrogen-bond donors (Lipinski definition) is 2. The average Bonchev–Trinajstić information content (AvgIpc) is 2.88. The number of para-hydroxylation sites is 1. The number of fused-ring (bicyclic) bond motifs is 1.